The van der Waals surface area contributed by atoms with Gasteiger partial charge in [-0.3, -0.25) is 18.6 Å². The van der Waals surface area contributed by atoms with Gasteiger partial charge >= 0.3 is 19.8 Å². The lowest BCUT2D eigenvalue weighted by molar-refractivity contribution is -0.161. The minimum atomic E-state index is -4.36. The van der Waals surface area contributed by atoms with Crippen LogP contribution in [0, 0.1) is 0 Å². The van der Waals surface area contributed by atoms with E-state index in [0.29, 0.717) is 12.8 Å². The maximum Gasteiger partial charge on any atom is 0.472 e. The van der Waals surface area contributed by atoms with Crippen LogP contribution in [-0.4, -0.2) is 49.3 Å². The third-order valence-corrected chi connectivity index (χ3v) is 8.39. The monoisotopic (exact) mass is 647 g/mol. The Kier molecular flexibility index (Phi) is 30.8. The molecule has 0 fully saturated rings. The normalized spacial score (nSPS) is 13.6. The molecule has 3 N–H and O–H groups in total. The van der Waals surface area contributed by atoms with Gasteiger partial charge in [-0.05, 0) is 38.5 Å². The smallest absolute Gasteiger partial charge is 0.462 e. The molecule has 0 spiro atoms. The number of carbonyl (C=O) groups excluding carboxylic acids is 2. The molecule has 0 amide bonds. The summed E-state index contributed by atoms with van der Waals surface area (Å²) in [7, 11) is -4.36. The zero-order valence-corrected chi connectivity index (χ0v) is 29.0. The van der Waals surface area contributed by atoms with E-state index >= 15 is 0 Å². The lowest BCUT2D eigenvalue weighted by Crippen LogP contribution is -2.29. The number of nitrogens with two attached hydrogens (primary N) is 1. The van der Waals surface area contributed by atoms with Crippen molar-refractivity contribution in [3.05, 3.63) is 12.2 Å². The second-order valence-corrected chi connectivity index (χ2v) is 13.2. The molecule has 9 nitrogen and oxygen atoms in total. The molecule has 0 heterocycles. The summed E-state index contributed by atoms with van der Waals surface area (Å²) in [5.74, 6) is -0.849. The van der Waals surface area contributed by atoms with Crippen molar-refractivity contribution in [2.24, 2.45) is 5.73 Å². The van der Waals surface area contributed by atoms with Crippen molar-refractivity contribution in [3.8, 4) is 0 Å². The standard InChI is InChI=1S/C34H66NO8P/c1-3-5-7-9-11-13-14-15-16-17-18-19-21-22-24-26-33(36)40-30-32(31-42-44(38,39)41-29-28-35)43-34(37)27-25-23-20-12-10-8-6-4-2/h17-18,32H,3-16,19-31,35H2,1-2H3,(H,38,39)/b18-17+/t32-/m0/s1. The first kappa shape index (κ1) is 42.8. The predicted molar refractivity (Wildman–Crippen MR) is 178 cm³/mol. The fraction of sp³-hybridized carbons (Fsp3) is 0.882. The number of unbranched alkanes of at least 4 members (excludes halogenated alkanes) is 18. The van der Waals surface area contributed by atoms with Crippen molar-refractivity contribution < 1.29 is 37.6 Å². The molecule has 1 unspecified atom stereocenters. The molecule has 0 saturated carbocycles. The number of esters is 2. The highest BCUT2D eigenvalue weighted by atomic mass is 31.2. The minimum Gasteiger partial charge on any atom is -0.462 e. The van der Waals surface area contributed by atoms with Crippen molar-refractivity contribution in [2.45, 2.75) is 168 Å². The largest absolute Gasteiger partial charge is 0.472 e. The van der Waals surface area contributed by atoms with Gasteiger partial charge in [0, 0.05) is 19.4 Å². The van der Waals surface area contributed by atoms with E-state index in [0.717, 1.165) is 44.9 Å². The first-order chi connectivity index (χ1) is 21.3. The number of allylic oxidation sites excluding steroid dienone is 2. The molecule has 0 rings (SSSR count). The number of hydrogen-bond acceptors (Lipinski definition) is 8. The summed E-state index contributed by atoms with van der Waals surface area (Å²) in [6.45, 7) is 3.66. The van der Waals surface area contributed by atoms with Crippen LogP contribution in [0.3, 0.4) is 0 Å². The van der Waals surface area contributed by atoms with Crippen LogP contribution in [0.2, 0.25) is 0 Å². The second kappa shape index (κ2) is 31.7. The number of rotatable bonds is 33. The molecule has 0 aliphatic carbocycles. The highest BCUT2D eigenvalue weighted by Crippen LogP contribution is 2.43. The number of hydrogen-bond donors (Lipinski definition) is 2. The van der Waals surface area contributed by atoms with E-state index in [2.05, 4.69) is 26.0 Å². The highest BCUT2D eigenvalue weighted by molar-refractivity contribution is 7.47. The molecule has 0 aromatic carbocycles. The Morgan fingerprint density at radius 3 is 1.64 bits per heavy atom. The van der Waals surface area contributed by atoms with Crippen LogP contribution >= 0.6 is 7.82 Å². The van der Waals surface area contributed by atoms with E-state index in [-0.39, 0.29) is 32.6 Å². The Bertz CT molecular complexity index is 749. The Hall–Kier alpha value is -1.25. The molecule has 0 aromatic heterocycles. The van der Waals surface area contributed by atoms with Gasteiger partial charge in [0.1, 0.15) is 6.61 Å². The number of phosphoric acid groups is 1. The van der Waals surface area contributed by atoms with Gasteiger partial charge in [0.2, 0.25) is 0 Å². The van der Waals surface area contributed by atoms with Crippen molar-refractivity contribution >= 4 is 19.8 Å². The number of phosphoric ester groups is 1. The fourth-order valence-corrected chi connectivity index (χ4v) is 5.51. The summed E-state index contributed by atoms with van der Waals surface area (Å²) in [4.78, 5) is 34.5. The van der Waals surface area contributed by atoms with Crippen molar-refractivity contribution in [1.82, 2.24) is 0 Å². The third kappa shape index (κ3) is 30.8. The van der Waals surface area contributed by atoms with E-state index < -0.39 is 32.5 Å². The maximum absolute atomic E-state index is 12.4. The van der Waals surface area contributed by atoms with Gasteiger partial charge in [0.25, 0.3) is 0 Å². The molecule has 0 aliphatic rings. The summed E-state index contributed by atoms with van der Waals surface area (Å²) in [6.07, 6.45) is 28.3. The zero-order valence-electron chi connectivity index (χ0n) is 28.2. The highest BCUT2D eigenvalue weighted by Gasteiger charge is 2.25. The Balaban J connectivity index is 4.22. The quantitative estimate of drug-likeness (QED) is 0.0309. The van der Waals surface area contributed by atoms with Gasteiger partial charge in [0.05, 0.1) is 13.2 Å². The van der Waals surface area contributed by atoms with Gasteiger partial charge in [-0.25, -0.2) is 4.57 Å². The summed E-state index contributed by atoms with van der Waals surface area (Å²) >= 11 is 0. The van der Waals surface area contributed by atoms with Crippen LogP contribution < -0.4 is 5.73 Å². The fourth-order valence-electron chi connectivity index (χ4n) is 4.74. The van der Waals surface area contributed by atoms with Crippen LogP contribution in [0.15, 0.2) is 12.2 Å². The number of carbonyl (C=O) groups is 2. The molecular weight excluding hydrogens is 581 g/mol. The van der Waals surface area contributed by atoms with Gasteiger partial charge in [-0.1, -0.05) is 122 Å². The molecule has 0 bridgehead atoms. The molecule has 0 saturated heterocycles. The summed E-state index contributed by atoms with van der Waals surface area (Å²) in [5, 5.41) is 0. The van der Waals surface area contributed by atoms with Crippen LogP contribution in [-0.2, 0) is 32.7 Å². The Morgan fingerprint density at radius 2 is 1.11 bits per heavy atom. The average molecular weight is 648 g/mol. The lowest BCUT2D eigenvalue weighted by atomic mass is 10.1. The van der Waals surface area contributed by atoms with Gasteiger partial charge < -0.3 is 20.1 Å². The first-order valence-electron chi connectivity index (χ1n) is 17.7. The van der Waals surface area contributed by atoms with E-state index in [9.17, 15) is 19.0 Å². The SMILES string of the molecule is CCCCCCCCCC/C=C/CCCCCC(=O)OC[C@@H](COP(=O)(O)OCCN)OC(=O)CCCCCCCCCC. The van der Waals surface area contributed by atoms with Crippen LogP contribution in [0.25, 0.3) is 0 Å². The molecule has 0 radical (unpaired) electrons. The second-order valence-electron chi connectivity index (χ2n) is 11.7. The van der Waals surface area contributed by atoms with Crippen molar-refractivity contribution in [3.63, 3.8) is 0 Å². The molecule has 44 heavy (non-hydrogen) atoms. The Labute approximate surface area is 269 Å². The first-order valence-corrected chi connectivity index (χ1v) is 19.2. The van der Waals surface area contributed by atoms with Gasteiger partial charge in [-0.2, -0.15) is 0 Å². The molecule has 2 atom stereocenters. The summed E-state index contributed by atoms with van der Waals surface area (Å²) in [6, 6.07) is 0. The molecule has 10 heteroatoms. The molecule has 260 valence electrons. The number of ether oxygens (including phenoxy) is 2. The maximum atomic E-state index is 12.4. The third-order valence-electron chi connectivity index (χ3n) is 7.40. The van der Waals surface area contributed by atoms with Crippen LogP contribution in [0.4, 0.5) is 0 Å². The van der Waals surface area contributed by atoms with Crippen molar-refractivity contribution in [2.75, 3.05) is 26.4 Å². The van der Waals surface area contributed by atoms with E-state index in [1.54, 1.807) is 0 Å². The molecular formula is C34H66NO8P. The lowest BCUT2D eigenvalue weighted by Gasteiger charge is -2.19. The van der Waals surface area contributed by atoms with Gasteiger partial charge in [-0.15, -0.1) is 0 Å². The topological polar surface area (TPSA) is 134 Å². The molecule has 0 aromatic rings. The zero-order chi connectivity index (χ0) is 32.6. The summed E-state index contributed by atoms with van der Waals surface area (Å²) < 4.78 is 32.5. The van der Waals surface area contributed by atoms with E-state index in [1.807, 2.05) is 0 Å². The van der Waals surface area contributed by atoms with Gasteiger partial charge in [0.15, 0.2) is 6.10 Å². The van der Waals surface area contributed by atoms with Crippen LogP contribution in [0.5, 0.6) is 0 Å². The predicted octanol–water partition coefficient (Wildman–Crippen LogP) is 9.10. The van der Waals surface area contributed by atoms with Crippen molar-refractivity contribution in [1.29, 1.82) is 0 Å². The minimum absolute atomic E-state index is 0.0537. The van der Waals surface area contributed by atoms with Crippen LogP contribution in [0.1, 0.15) is 162 Å². The average Bonchev–Trinajstić information content (AvgIpc) is 3.00. The van der Waals surface area contributed by atoms with E-state index in [1.165, 1.54) is 77.0 Å². The van der Waals surface area contributed by atoms with E-state index in [4.69, 9.17) is 24.3 Å². The Morgan fingerprint density at radius 1 is 0.659 bits per heavy atom. The summed E-state index contributed by atoms with van der Waals surface area (Å²) in [5.41, 5.74) is 5.31. The molecule has 0 aliphatic heterocycles.